The summed E-state index contributed by atoms with van der Waals surface area (Å²) in [5.74, 6) is -0.791. The number of hydrogen-bond acceptors (Lipinski definition) is 4. The van der Waals surface area contributed by atoms with E-state index in [1.54, 1.807) is 32.0 Å². The Bertz CT molecular complexity index is 1030. The smallest absolute Gasteiger partial charge is 0.244 e. The summed E-state index contributed by atoms with van der Waals surface area (Å²) < 4.78 is 26.2. The van der Waals surface area contributed by atoms with Gasteiger partial charge in [0, 0.05) is 18.6 Å². The third-order valence-electron chi connectivity index (χ3n) is 5.02. The average molecular weight is 466 g/mol. The van der Waals surface area contributed by atoms with Crippen LogP contribution in [0, 0.1) is 6.92 Å². The second kappa shape index (κ2) is 10.6. The molecular weight excluding hydrogens is 438 g/mol. The van der Waals surface area contributed by atoms with Crippen molar-refractivity contribution in [3.8, 4) is 0 Å². The van der Waals surface area contributed by atoms with Crippen LogP contribution in [-0.4, -0.2) is 51.0 Å². The van der Waals surface area contributed by atoms with Crippen molar-refractivity contribution in [1.29, 1.82) is 0 Å². The van der Waals surface area contributed by atoms with E-state index in [4.69, 9.17) is 11.6 Å². The fraction of sp³-hybridized carbons (Fsp3) is 0.364. The van der Waals surface area contributed by atoms with Crippen molar-refractivity contribution in [2.45, 2.75) is 32.9 Å². The van der Waals surface area contributed by atoms with Crippen LogP contribution in [0.25, 0.3) is 0 Å². The lowest BCUT2D eigenvalue weighted by atomic mass is 10.1. The second-order valence-corrected chi connectivity index (χ2v) is 9.51. The van der Waals surface area contributed by atoms with E-state index in [2.05, 4.69) is 5.32 Å². The zero-order valence-electron chi connectivity index (χ0n) is 18.1. The summed E-state index contributed by atoms with van der Waals surface area (Å²) in [7, 11) is -2.28. The van der Waals surface area contributed by atoms with Gasteiger partial charge in [-0.05, 0) is 36.6 Å². The Morgan fingerprint density at radius 2 is 1.74 bits per heavy atom. The minimum absolute atomic E-state index is 0.178. The largest absolute Gasteiger partial charge is 0.357 e. The van der Waals surface area contributed by atoms with E-state index < -0.39 is 28.5 Å². The van der Waals surface area contributed by atoms with Gasteiger partial charge >= 0.3 is 0 Å². The van der Waals surface area contributed by atoms with E-state index in [0.717, 1.165) is 16.1 Å². The summed E-state index contributed by atoms with van der Waals surface area (Å²) in [6, 6.07) is 13.4. The molecule has 31 heavy (non-hydrogen) atoms. The third kappa shape index (κ3) is 6.21. The minimum Gasteiger partial charge on any atom is -0.357 e. The molecule has 0 aliphatic rings. The molecular formula is C22H28ClN3O4S. The molecule has 0 aliphatic carbocycles. The Labute approximate surface area is 189 Å². The van der Waals surface area contributed by atoms with Crippen LogP contribution in [0.3, 0.4) is 0 Å². The summed E-state index contributed by atoms with van der Waals surface area (Å²) in [4.78, 5) is 27.3. The van der Waals surface area contributed by atoms with E-state index in [9.17, 15) is 18.0 Å². The standard InChI is InChI=1S/C22H28ClN3O4S/c1-5-19(22(28)24-3)25(14-17-10-7-6-8-11-17)21(27)15-26(31(4,29)30)20-13-9-12-18(23)16(20)2/h6-13,19H,5,14-15H2,1-4H3,(H,24,28)/t19-/m1/s1. The van der Waals surface area contributed by atoms with Crippen molar-refractivity contribution in [1.82, 2.24) is 10.2 Å². The Morgan fingerprint density at radius 3 is 2.29 bits per heavy atom. The zero-order chi connectivity index (χ0) is 23.2. The first-order valence-electron chi connectivity index (χ1n) is 9.88. The van der Waals surface area contributed by atoms with Crippen LogP contribution in [0.1, 0.15) is 24.5 Å². The van der Waals surface area contributed by atoms with Crippen LogP contribution in [0.2, 0.25) is 5.02 Å². The number of rotatable bonds is 9. The van der Waals surface area contributed by atoms with Gasteiger partial charge in [-0.2, -0.15) is 0 Å². The predicted molar refractivity (Wildman–Crippen MR) is 124 cm³/mol. The minimum atomic E-state index is -3.79. The molecule has 0 spiro atoms. The molecule has 0 fully saturated rings. The highest BCUT2D eigenvalue weighted by Crippen LogP contribution is 2.28. The van der Waals surface area contributed by atoms with E-state index in [1.165, 1.54) is 11.9 Å². The van der Waals surface area contributed by atoms with Gasteiger partial charge in [-0.1, -0.05) is 54.9 Å². The molecule has 168 valence electrons. The molecule has 1 N–H and O–H groups in total. The molecule has 7 nitrogen and oxygen atoms in total. The number of nitrogens with zero attached hydrogens (tertiary/aromatic N) is 2. The number of amides is 2. The van der Waals surface area contributed by atoms with Gasteiger partial charge in [-0.25, -0.2) is 8.42 Å². The SMILES string of the molecule is CC[C@H](C(=O)NC)N(Cc1ccccc1)C(=O)CN(c1cccc(Cl)c1C)S(C)(=O)=O. The number of nitrogens with one attached hydrogen (secondary N) is 1. The Balaban J connectivity index is 2.45. The van der Waals surface area contributed by atoms with E-state index in [-0.39, 0.29) is 12.5 Å². The number of halogens is 1. The summed E-state index contributed by atoms with van der Waals surface area (Å²) >= 11 is 6.18. The molecule has 2 amide bonds. The molecule has 0 radical (unpaired) electrons. The molecule has 2 aromatic rings. The van der Waals surface area contributed by atoms with Gasteiger partial charge < -0.3 is 10.2 Å². The monoisotopic (exact) mass is 465 g/mol. The number of benzene rings is 2. The van der Waals surface area contributed by atoms with E-state index in [0.29, 0.717) is 22.7 Å². The number of carbonyl (C=O) groups excluding carboxylic acids is 2. The van der Waals surface area contributed by atoms with Gasteiger partial charge in [0.05, 0.1) is 11.9 Å². The highest BCUT2D eigenvalue weighted by atomic mass is 35.5. The van der Waals surface area contributed by atoms with Crippen molar-refractivity contribution < 1.29 is 18.0 Å². The molecule has 9 heteroatoms. The summed E-state index contributed by atoms with van der Waals surface area (Å²) in [5, 5.41) is 2.99. The molecule has 0 saturated heterocycles. The van der Waals surface area contributed by atoms with Crippen molar-refractivity contribution in [2.24, 2.45) is 0 Å². The maximum atomic E-state index is 13.4. The maximum Gasteiger partial charge on any atom is 0.244 e. The average Bonchev–Trinajstić information content (AvgIpc) is 2.73. The van der Waals surface area contributed by atoms with Gasteiger partial charge in [0.2, 0.25) is 21.8 Å². The fourth-order valence-corrected chi connectivity index (χ4v) is 4.40. The molecule has 0 unspecified atom stereocenters. The molecule has 0 aliphatic heterocycles. The fourth-order valence-electron chi connectivity index (χ4n) is 3.33. The van der Waals surface area contributed by atoms with Gasteiger partial charge in [0.25, 0.3) is 0 Å². The third-order valence-corrected chi connectivity index (χ3v) is 6.55. The van der Waals surface area contributed by atoms with Crippen LogP contribution < -0.4 is 9.62 Å². The van der Waals surface area contributed by atoms with Crippen molar-refractivity contribution in [2.75, 3.05) is 24.2 Å². The zero-order valence-corrected chi connectivity index (χ0v) is 19.7. The molecule has 0 saturated carbocycles. The number of likely N-dealkylation sites (N-methyl/N-ethyl adjacent to an activating group) is 1. The van der Waals surface area contributed by atoms with Crippen molar-refractivity contribution >= 4 is 39.1 Å². The lowest BCUT2D eigenvalue weighted by Gasteiger charge is -2.33. The highest BCUT2D eigenvalue weighted by Gasteiger charge is 2.31. The van der Waals surface area contributed by atoms with Crippen LogP contribution in [0.5, 0.6) is 0 Å². The number of sulfonamides is 1. The van der Waals surface area contributed by atoms with Gasteiger partial charge in [-0.15, -0.1) is 0 Å². The van der Waals surface area contributed by atoms with E-state index in [1.807, 2.05) is 30.3 Å². The predicted octanol–water partition coefficient (Wildman–Crippen LogP) is 2.97. The molecule has 1 atom stereocenters. The number of carbonyl (C=O) groups is 2. The lowest BCUT2D eigenvalue weighted by molar-refractivity contribution is -0.140. The van der Waals surface area contributed by atoms with Crippen molar-refractivity contribution in [3.63, 3.8) is 0 Å². The lowest BCUT2D eigenvalue weighted by Crippen LogP contribution is -2.51. The number of anilines is 1. The Morgan fingerprint density at radius 1 is 1.10 bits per heavy atom. The summed E-state index contributed by atoms with van der Waals surface area (Å²) in [6.45, 7) is 3.24. The molecule has 2 aromatic carbocycles. The second-order valence-electron chi connectivity index (χ2n) is 7.20. The van der Waals surface area contributed by atoms with Crippen LogP contribution in [0.15, 0.2) is 48.5 Å². The van der Waals surface area contributed by atoms with Gasteiger partial charge in [0.1, 0.15) is 12.6 Å². The molecule has 0 aromatic heterocycles. The summed E-state index contributed by atoms with van der Waals surface area (Å²) in [6.07, 6.45) is 1.42. The highest BCUT2D eigenvalue weighted by molar-refractivity contribution is 7.92. The van der Waals surface area contributed by atoms with Crippen molar-refractivity contribution in [3.05, 3.63) is 64.7 Å². The van der Waals surface area contributed by atoms with Crippen LogP contribution >= 0.6 is 11.6 Å². The molecule has 0 bridgehead atoms. The normalized spacial score (nSPS) is 12.2. The van der Waals surface area contributed by atoms with Crippen LogP contribution in [0.4, 0.5) is 5.69 Å². The van der Waals surface area contributed by atoms with Gasteiger partial charge in [0.15, 0.2) is 0 Å². The topological polar surface area (TPSA) is 86.8 Å². The molecule has 2 rings (SSSR count). The first-order valence-corrected chi connectivity index (χ1v) is 12.1. The quantitative estimate of drug-likeness (QED) is 0.616. The first kappa shape index (κ1) is 24.7. The van der Waals surface area contributed by atoms with E-state index >= 15 is 0 Å². The first-order chi connectivity index (χ1) is 14.6. The summed E-state index contributed by atoms with van der Waals surface area (Å²) in [5.41, 5.74) is 1.72. The van der Waals surface area contributed by atoms with Crippen LogP contribution in [-0.2, 0) is 26.2 Å². The number of hydrogen-bond donors (Lipinski definition) is 1. The molecule has 0 heterocycles. The Hall–Kier alpha value is -2.58. The van der Waals surface area contributed by atoms with Gasteiger partial charge in [-0.3, -0.25) is 13.9 Å². The maximum absolute atomic E-state index is 13.4. The Kier molecular flexibility index (Phi) is 8.47.